The average Bonchev–Trinajstić information content (AvgIpc) is 3.04. The number of aromatic nitrogens is 2. The van der Waals surface area contributed by atoms with Crippen LogP contribution in [0.2, 0.25) is 0 Å². The van der Waals surface area contributed by atoms with Crippen molar-refractivity contribution in [2.75, 3.05) is 0 Å². The third kappa shape index (κ3) is 4.89. The van der Waals surface area contributed by atoms with E-state index in [0.717, 1.165) is 13.0 Å². The van der Waals surface area contributed by atoms with Gasteiger partial charge in [-0.2, -0.15) is 5.90 Å². The Morgan fingerprint density at radius 2 is 2.10 bits per heavy atom. The van der Waals surface area contributed by atoms with E-state index in [1.54, 1.807) is 12.5 Å². The molecule has 2 N–H and O–H groups in total. The van der Waals surface area contributed by atoms with Crippen molar-refractivity contribution in [3.63, 3.8) is 0 Å². The summed E-state index contributed by atoms with van der Waals surface area (Å²) in [5.41, 5.74) is 2.37. The van der Waals surface area contributed by atoms with Gasteiger partial charge in [0.15, 0.2) is 0 Å². The van der Waals surface area contributed by atoms with E-state index in [0.29, 0.717) is 6.42 Å². The van der Waals surface area contributed by atoms with E-state index in [9.17, 15) is 4.79 Å². The summed E-state index contributed by atoms with van der Waals surface area (Å²) in [5, 5.41) is 0. The Morgan fingerprint density at radius 3 is 2.76 bits per heavy atom. The van der Waals surface area contributed by atoms with Crippen molar-refractivity contribution in [2.24, 2.45) is 5.90 Å². The van der Waals surface area contributed by atoms with Gasteiger partial charge in [0, 0.05) is 18.9 Å². The monoisotopic (exact) mass is 285 g/mol. The van der Waals surface area contributed by atoms with Gasteiger partial charge in [0.05, 0.1) is 12.7 Å². The molecule has 0 saturated carbocycles. The fraction of sp³-hybridized carbons (Fsp3) is 0.250. The second-order valence-corrected chi connectivity index (χ2v) is 4.67. The van der Waals surface area contributed by atoms with Gasteiger partial charge in [0.2, 0.25) is 0 Å². The molecule has 0 unspecified atom stereocenters. The summed E-state index contributed by atoms with van der Waals surface area (Å²) in [7, 11) is 0. The lowest BCUT2D eigenvalue weighted by Crippen LogP contribution is -2.08. The third-order valence-corrected chi connectivity index (χ3v) is 3.21. The Balaban J connectivity index is 2.03. The molecule has 0 fully saturated rings. The number of hydrogen-bond donors (Lipinski definition) is 1. The number of rotatable bonds is 7. The molecule has 0 aliphatic carbocycles. The second-order valence-electron chi connectivity index (χ2n) is 4.67. The van der Waals surface area contributed by atoms with Gasteiger partial charge in [-0.05, 0) is 24.0 Å². The van der Waals surface area contributed by atoms with Crippen molar-refractivity contribution in [2.45, 2.75) is 25.8 Å². The standard InChI is InChI=1S/C16H19N3O2/c17-21-16(20)8-4-7-15(14-5-2-1-3-6-14)9-11-19-12-10-18-13-19/h1-3,5-7,10,12-13H,4,8-9,11,17H2. The molecule has 5 heteroatoms. The molecule has 1 aromatic heterocycles. The van der Waals surface area contributed by atoms with E-state index in [1.807, 2.05) is 29.0 Å². The normalized spacial score (nSPS) is 11.4. The van der Waals surface area contributed by atoms with Crippen LogP contribution in [-0.4, -0.2) is 15.5 Å². The van der Waals surface area contributed by atoms with Gasteiger partial charge in [0.25, 0.3) is 0 Å². The Labute approximate surface area is 124 Å². The van der Waals surface area contributed by atoms with Crippen LogP contribution in [0.3, 0.4) is 0 Å². The number of allylic oxidation sites excluding steroid dienone is 2. The molecular formula is C16H19N3O2. The van der Waals surface area contributed by atoms with E-state index in [-0.39, 0.29) is 6.42 Å². The summed E-state index contributed by atoms with van der Waals surface area (Å²) in [5.74, 6) is 4.45. The number of aryl methyl sites for hydroxylation is 1. The molecule has 0 amide bonds. The number of hydrogen-bond acceptors (Lipinski definition) is 4. The lowest BCUT2D eigenvalue weighted by molar-refractivity contribution is -0.144. The van der Waals surface area contributed by atoms with Gasteiger partial charge < -0.3 is 9.40 Å². The van der Waals surface area contributed by atoms with Crippen LogP contribution in [0, 0.1) is 0 Å². The Hall–Kier alpha value is -2.40. The zero-order valence-corrected chi connectivity index (χ0v) is 11.8. The topological polar surface area (TPSA) is 70.1 Å². The molecule has 0 spiro atoms. The minimum Gasteiger partial charge on any atom is -0.373 e. The van der Waals surface area contributed by atoms with Crippen molar-refractivity contribution in [1.29, 1.82) is 0 Å². The Bertz CT molecular complexity index is 577. The second kappa shape index (κ2) is 8.01. The SMILES string of the molecule is NOC(=O)CCC=C(CCn1ccnc1)c1ccccc1. The zero-order chi connectivity index (χ0) is 14.9. The Morgan fingerprint density at radius 1 is 1.29 bits per heavy atom. The predicted molar refractivity (Wildman–Crippen MR) is 80.8 cm³/mol. The molecular weight excluding hydrogens is 266 g/mol. The van der Waals surface area contributed by atoms with E-state index in [4.69, 9.17) is 5.90 Å². The van der Waals surface area contributed by atoms with Crippen LogP contribution in [0.1, 0.15) is 24.8 Å². The smallest absolute Gasteiger partial charge is 0.324 e. The number of carbonyl (C=O) groups is 1. The molecule has 110 valence electrons. The first-order valence-electron chi connectivity index (χ1n) is 6.89. The summed E-state index contributed by atoms with van der Waals surface area (Å²) in [6.07, 6.45) is 9.36. The largest absolute Gasteiger partial charge is 0.373 e. The molecule has 0 radical (unpaired) electrons. The highest BCUT2D eigenvalue weighted by atomic mass is 16.7. The maximum absolute atomic E-state index is 11.1. The van der Waals surface area contributed by atoms with E-state index in [2.05, 4.69) is 28.0 Å². The number of imidazole rings is 1. The highest BCUT2D eigenvalue weighted by Crippen LogP contribution is 2.20. The van der Waals surface area contributed by atoms with Gasteiger partial charge in [-0.3, -0.25) is 4.79 Å². The van der Waals surface area contributed by atoms with Crippen LogP contribution in [0.4, 0.5) is 0 Å². The van der Waals surface area contributed by atoms with E-state index in [1.165, 1.54) is 11.1 Å². The highest BCUT2D eigenvalue weighted by Gasteiger charge is 2.04. The maximum atomic E-state index is 11.1. The molecule has 2 aromatic rings. The minimum atomic E-state index is -0.395. The van der Waals surface area contributed by atoms with Gasteiger partial charge in [-0.1, -0.05) is 36.4 Å². The van der Waals surface area contributed by atoms with Gasteiger partial charge >= 0.3 is 5.97 Å². The molecule has 0 atom stereocenters. The highest BCUT2D eigenvalue weighted by molar-refractivity contribution is 5.70. The maximum Gasteiger partial charge on any atom is 0.324 e. The Kier molecular flexibility index (Phi) is 5.72. The summed E-state index contributed by atoms with van der Waals surface area (Å²) in [6, 6.07) is 10.1. The third-order valence-electron chi connectivity index (χ3n) is 3.21. The first-order chi connectivity index (χ1) is 10.3. The zero-order valence-electron chi connectivity index (χ0n) is 11.8. The van der Waals surface area contributed by atoms with Crippen LogP contribution in [0.25, 0.3) is 5.57 Å². The first-order valence-corrected chi connectivity index (χ1v) is 6.89. The van der Waals surface area contributed by atoms with Crippen LogP contribution >= 0.6 is 0 Å². The molecule has 1 heterocycles. The van der Waals surface area contributed by atoms with Gasteiger partial charge in [-0.25, -0.2) is 4.98 Å². The molecule has 2 rings (SSSR count). The van der Waals surface area contributed by atoms with Crippen LogP contribution in [0.5, 0.6) is 0 Å². The minimum absolute atomic E-state index is 0.290. The average molecular weight is 285 g/mol. The molecule has 0 bridgehead atoms. The number of benzene rings is 1. The fourth-order valence-corrected chi connectivity index (χ4v) is 2.11. The van der Waals surface area contributed by atoms with Gasteiger partial charge in [0.1, 0.15) is 0 Å². The fourth-order valence-electron chi connectivity index (χ4n) is 2.11. The summed E-state index contributed by atoms with van der Waals surface area (Å²) >= 11 is 0. The molecule has 21 heavy (non-hydrogen) atoms. The van der Waals surface area contributed by atoms with Crippen molar-refractivity contribution < 1.29 is 9.63 Å². The summed E-state index contributed by atoms with van der Waals surface area (Å²) in [6.45, 7) is 0.849. The van der Waals surface area contributed by atoms with Crippen molar-refractivity contribution in [3.8, 4) is 0 Å². The van der Waals surface area contributed by atoms with Crippen molar-refractivity contribution in [1.82, 2.24) is 9.55 Å². The lowest BCUT2D eigenvalue weighted by atomic mass is 10.0. The molecule has 1 aromatic carbocycles. The van der Waals surface area contributed by atoms with Crippen molar-refractivity contribution in [3.05, 3.63) is 60.7 Å². The predicted octanol–water partition coefficient (Wildman–Crippen LogP) is 2.55. The summed E-state index contributed by atoms with van der Waals surface area (Å²) in [4.78, 5) is 19.3. The van der Waals surface area contributed by atoms with E-state index < -0.39 is 5.97 Å². The molecule has 5 nitrogen and oxygen atoms in total. The van der Waals surface area contributed by atoms with Crippen LogP contribution in [0.15, 0.2) is 55.1 Å². The van der Waals surface area contributed by atoms with Gasteiger partial charge in [-0.15, -0.1) is 0 Å². The van der Waals surface area contributed by atoms with Crippen LogP contribution < -0.4 is 5.90 Å². The lowest BCUT2D eigenvalue weighted by Gasteiger charge is -2.09. The van der Waals surface area contributed by atoms with Crippen LogP contribution in [-0.2, 0) is 16.2 Å². The van der Waals surface area contributed by atoms with Crippen molar-refractivity contribution >= 4 is 11.5 Å². The number of nitrogens with zero attached hydrogens (tertiary/aromatic N) is 2. The quantitative estimate of drug-likeness (QED) is 0.794. The first kappa shape index (κ1) is 15.0. The molecule has 0 saturated heterocycles. The molecule has 0 aliphatic heterocycles. The van der Waals surface area contributed by atoms with E-state index >= 15 is 0 Å². The summed E-state index contributed by atoms with van der Waals surface area (Å²) < 4.78 is 2.03. The number of nitrogens with two attached hydrogens (primary N) is 1. The molecule has 0 aliphatic rings. The number of carbonyl (C=O) groups excluding carboxylic acids is 1.